The zero-order valence-corrected chi connectivity index (χ0v) is 16.8. The van der Waals surface area contributed by atoms with Gasteiger partial charge in [0.2, 0.25) is 23.6 Å². The summed E-state index contributed by atoms with van der Waals surface area (Å²) >= 11 is 0. The monoisotopic (exact) mass is 408 g/mol. The molecule has 1 heterocycles. The molecule has 2 atom stereocenters. The Morgan fingerprint density at radius 2 is 1.67 bits per heavy atom. The Bertz CT molecular complexity index is 961. The van der Waals surface area contributed by atoms with Crippen LogP contribution in [-0.4, -0.2) is 36.2 Å². The summed E-state index contributed by atoms with van der Waals surface area (Å²) < 4.78 is 0. The third kappa shape index (κ3) is 5.22. The highest BCUT2D eigenvalue weighted by Gasteiger charge is 2.35. The van der Waals surface area contributed by atoms with E-state index in [1.165, 1.54) is 6.92 Å². The second-order valence-corrected chi connectivity index (χ2v) is 7.22. The average Bonchev–Trinajstić information content (AvgIpc) is 3.10. The van der Waals surface area contributed by atoms with Gasteiger partial charge in [-0.05, 0) is 37.3 Å². The Kier molecular flexibility index (Phi) is 6.46. The Labute approximate surface area is 174 Å². The predicted octanol–water partition coefficient (Wildman–Crippen LogP) is 2.14. The van der Waals surface area contributed by atoms with Gasteiger partial charge in [0, 0.05) is 37.0 Å². The summed E-state index contributed by atoms with van der Waals surface area (Å²) in [4.78, 5) is 50.1. The number of nitrogens with zero attached hydrogens (tertiary/aromatic N) is 1. The van der Waals surface area contributed by atoms with Crippen LogP contribution >= 0.6 is 0 Å². The molecule has 0 bridgehead atoms. The Morgan fingerprint density at radius 1 is 1.00 bits per heavy atom. The van der Waals surface area contributed by atoms with Gasteiger partial charge in [-0.1, -0.05) is 24.3 Å². The van der Waals surface area contributed by atoms with E-state index < -0.39 is 17.9 Å². The van der Waals surface area contributed by atoms with E-state index >= 15 is 0 Å². The molecular weight excluding hydrogens is 384 g/mol. The van der Waals surface area contributed by atoms with Gasteiger partial charge in [-0.3, -0.25) is 19.2 Å². The highest BCUT2D eigenvalue weighted by Crippen LogP contribution is 2.25. The minimum atomic E-state index is -0.789. The molecule has 3 rings (SSSR count). The molecule has 8 nitrogen and oxygen atoms in total. The second-order valence-electron chi connectivity index (χ2n) is 7.22. The quantitative estimate of drug-likeness (QED) is 0.681. The van der Waals surface area contributed by atoms with Crippen molar-refractivity contribution < 1.29 is 19.2 Å². The first-order chi connectivity index (χ1) is 14.3. The first-order valence-electron chi connectivity index (χ1n) is 9.68. The normalized spacial score (nSPS) is 16.7. The first-order valence-corrected chi connectivity index (χ1v) is 9.68. The van der Waals surface area contributed by atoms with E-state index in [4.69, 9.17) is 0 Å². The molecule has 0 saturated carbocycles. The largest absolute Gasteiger partial charge is 0.344 e. The standard InChI is InChI=1S/C22H24N4O4/c1-14(21(29)25-18-8-6-7-17(12-18)24-15(2)27)23-22(30)16-11-20(28)26(13-16)19-9-4-3-5-10-19/h3-10,12,14,16H,11,13H2,1-2H3,(H,23,30)(H,24,27)(H,25,29). The van der Waals surface area contributed by atoms with Crippen molar-refractivity contribution in [3.05, 3.63) is 54.6 Å². The van der Waals surface area contributed by atoms with Crippen LogP contribution in [0.5, 0.6) is 0 Å². The van der Waals surface area contributed by atoms with Crippen LogP contribution in [-0.2, 0) is 19.2 Å². The molecule has 0 spiro atoms. The van der Waals surface area contributed by atoms with Crippen molar-refractivity contribution in [3.63, 3.8) is 0 Å². The Balaban J connectivity index is 1.56. The molecule has 1 aliphatic heterocycles. The van der Waals surface area contributed by atoms with Crippen molar-refractivity contribution in [3.8, 4) is 0 Å². The van der Waals surface area contributed by atoms with E-state index in [1.807, 2.05) is 30.3 Å². The third-order valence-electron chi connectivity index (χ3n) is 4.77. The van der Waals surface area contributed by atoms with Crippen LogP contribution < -0.4 is 20.9 Å². The maximum atomic E-state index is 12.6. The van der Waals surface area contributed by atoms with Gasteiger partial charge in [0.05, 0.1) is 5.92 Å². The van der Waals surface area contributed by atoms with Gasteiger partial charge >= 0.3 is 0 Å². The summed E-state index contributed by atoms with van der Waals surface area (Å²) in [5, 5.41) is 8.04. The lowest BCUT2D eigenvalue weighted by molar-refractivity contribution is -0.129. The van der Waals surface area contributed by atoms with E-state index in [1.54, 1.807) is 36.1 Å². The van der Waals surface area contributed by atoms with Crippen LogP contribution in [0.2, 0.25) is 0 Å². The van der Waals surface area contributed by atoms with E-state index in [-0.39, 0.29) is 30.7 Å². The van der Waals surface area contributed by atoms with E-state index in [2.05, 4.69) is 16.0 Å². The smallest absolute Gasteiger partial charge is 0.246 e. The van der Waals surface area contributed by atoms with Gasteiger partial charge in [0.15, 0.2) is 0 Å². The first kappa shape index (κ1) is 21.0. The third-order valence-corrected chi connectivity index (χ3v) is 4.77. The van der Waals surface area contributed by atoms with E-state index in [0.717, 1.165) is 5.69 Å². The lowest BCUT2D eigenvalue weighted by Gasteiger charge is -2.18. The molecule has 8 heteroatoms. The summed E-state index contributed by atoms with van der Waals surface area (Å²) in [6.45, 7) is 3.26. The maximum absolute atomic E-state index is 12.6. The minimum absolute atomic E-state index is 0.105. The molecule has 1 saturated heterocycles. The summed E-state index contributed by atoms with van der Waals surface area (Å²) in [5.74, 6) is -1.58. The Morgan fingerprint density at radius 3 is 2.33 bits per heavy atom. The zero-order valence-electron chi connectivity index (χ0n) is 16.8. The molecule has 30 heavy (non-hydrogen) atoms. The van der Waals surface area contributed by atoms with Gasteiger partial charge in [-0.15, -0.1) is 0 Å². The number of amides is 4. The lowest BCUT2D eigenvalue weighted by Crippen LogP contribution is -2.44. The molecule has 4 amide bonds. The number of benzene rings is 2. The second kappa shape index (κ2) is 9.21. The lowest BCUT2D eigenvalue weighted by atomic mass is 10.1. The minimum Gasteiger partial charge on any atom is -0.344 e. The fraction of sp³-hybridized carbons (Fsp3) is 0.273. The number of anilines is 3. The molecule has 156 valence electrons. The van der Waals surface area contributed by atoms with Gasteiger partial charge in [-0.2, -0.15) is 0 Å². The van der Waals surface area contributed by atoms with Gasteiger partial charge in [0.1, 0.15) is 6.04 Å². The molecule has 0 aliphatic carbocycles. The molecule has 3 N–H and O–H groups in total. The van der Waals surface area contributed by atoms with Crippen molar-refractivity contribution in [2.45, 2.75) is 26.3 Å². The number of rotatable bonds is 6. The molecule has 2 unspecified atom stereocenters. The molecule has 1 aliphatic rings. The van der Waals surface area contributed by atoms with Crippen LogP contribution in [0.4, 0.5) is 17.1 Å². The molecule has 0 aromatic heterocycles. The maximum Gasteiger partial charge on any atom is 0.246 e. The number of carbonyl (C=O) groups excluding carboxylic acids is 4. The molecular formula is C22H24N4O4. The molecule has 2 aromatic carbocycles. The Hall–Kier alpha value is -3.68. The summed E-state index contributed by atoms with van der Waals surface area (Å²) in [5.41, 5.74) is 1.81. The van der Waals surface area contributed by atoms with Crippen molar-refractivity contribution in [1.29, 1.82) is 0 Å². The highest BCUT2D eigenvalue weighted by atomic mass is 16.2. The van der Waals surface area contributed by atoms with Crippen LogP contribution in [0, 0.1) is 5.92 Å². The van der Waals surface area contributed by atoms with Crippen molar-refractivity contribution in [1.82, 2.24) is 5.32 Å². The van der Waals surface area contributed by atoms with Crippen molar-refractivity contribution in [2.24, 2.45) is 5.92 Å². The number of para-hydroxylation sites is 1. The van der Waals surface area contributed by atoms with Crippen LogP contribution in [0.25, 0.3) is 0 Å². The number of carbonyl (C=O) groups is 4. The average molecular weight is 408 g/mol. The van der Waals surface area contributed by atoms with Crippen LogP contribution in [0.15, 0.2) is 54.6 Å². The molecule has 1 fully saturated rings. The fourth-order valence-electron chi connectivity index (χ4n) is 3.27. The van der Waals surface area contributed by atoms with Gasteiger partial charge in [-0.25, -0.2) is 0 Å². The summed E-state index contributed by atoms with van der Waals surface area (Å²) in [7, 11) is 0. The predicted molar refractivity (Wildman–Crippen MR) is 114 cm³/mol. The highest BCUT2D eigenvalue weighted by molar-refractivity contribution is 6.02. The number of hydrogen-bond acceptors (Lipinski definition) is 4. The summed E-state index contributed by atoms with van der Waals surface area (Å²) in [6, 6.07) is 15.1. The van der Waals surface area contributed by atoms with E-state index in [9.17, 15) is 19.2 Å². The molecule has 2 aromatic rings. The number of nitrogens with one attached hydrogen (secondary N) is 3. The van der Waals surface area contributed by atoms with Gasteiger partial charge in [0.25, 0.3) is 0 Å². The fourth-order valence-corrected chi connectivity index (χ4v) is 3.27. The SMILES string of the molecule is CC(=O)Nc1cccc(NC(=O)C(C)NC(=O)C2CC(=O)N(c3ccccc3)C2)c1. The van der Waals surface area contributed by atoms with Crippen molar-refractivity contribution in [2.75, 3.05) is 22.1 Å². The summed E-state index contributed by atoms with van der Waals surface area (Å²) in [6.07, 6.45) is 0.105. The van der Waals surface area contributed by atoms with E-state index in [0.29, 0.717) is 11.4 Å². The van der Waals surface area contributed by atoms with Crippen LogP contribution in [0.1, 0.15) is 20.3 Å². The zero-order chi connectivity index (χ0) is 21.7. The molecule has 0 radical (unpaired) electrons. The van der Waals surface area contributed by atoms with Crippen molar-refractivity contribution >= 4 is 40.7 Å². The van der Waals surface area contributed by atoms with Gasteiger partial charge < -0.3 is 20.9 Å². The topological polar surface area (TPSA) is 108 Å². The number of hydrogen-bond donors (Lipinski definition) is 3. The van der Waals surface area contributed by atoms with Crippen LogP contribution in [0.3, 0.4) is 0 Å².